The number of rotatable bonds is 12. The second-order valence-electron chi connectivity index (χ2n) is 8.57. The summed E-state index contributed by atoms with van der Waals surface area (Å²) in [6.45, 7) is 11.8. The van der Waals surface area contributed by atoms with Gasteiger partial charge in [-0.25, -0.2) is 0 Å². The molecule has 1 fully saturated rings. The molecule has 0 bridgehead atoms. The van der Waals surface area contributed by atoms with Crippen LogP contribution in [0.5, 0.6) is 5.75 Å². The first kappa shape index (κ1) is 26.0. The van der Waals surface area contributed by atoms with E-state index in [4.69, 9.17) is 4.74 Å². The van der Waals surface area contributed by atoms with E-state index in [2.05, 4.69) is 25.7 Å². The van der Waals surface area contributed by atoms with Gasteiger partial charge in [-0.1, -0.05) is 33.6 Å². The molecule has 34 heavy (non-hydrogen) atoms. The van der Waals surface area contributed by atoms with Crippen molar-refractivity contribution >= 4 is 28.8 Å². The summed E-state index contributed by atoms with van der Waals surface area (Å²) in [5.74, 6) is -0.603. The van der Waals surface area contributed by atoms with Crippen molar-refractivity contribution in [3.05, 3.63) is 57.3 Å². The lowest BCUT2D eigenvalue weighted by atomic mass is 9.98. The number of benzene rings is 1. The summed E-state index contributed by atoms with van der Waals surface area (Å²) in [6.07, 6.45) is 3.25. The normalized spacial score (nSPS) is 17.7. The first-order chi connectivity index (χ1) is 16.4. The van der Waals surface area contributed by atoms with E-state index in [1.807, 2.05) is 18.4 Å². The van der Waals surface area contributed by atoms with E-state index in [-0.39, 0.29) is 11.3 Å². The number of carbonyl (C=O) groups excluding carboxylic acids is 2. The molecule has 184 valence electrons. The molecule has 3 rings (SSSR count). The van der Waals surface area contributed by atoms with E-state index in [0.717, 1.165) is 48.5 Å². The van der Waals surface area contributed by atoms with Gasteiger partial charge in [0.15, 0.2) is 0 Å². The molecule has 6 nitrogen and oxygen atoms in total. The average molecular weight is 485 g/mol. The van der Waals surface area contributed by atoms with Crippen LogP contribution in [0.2, 0.25) is 0 Å². The van der Waals surface area contributed by atoms with Gasteiger partial charge in [0, 0.05) is 23.5 Å². The number of amides is 1. The molecular formula is C27H36N2O4S. The Kier molecular flexibility index (Phi) is 9.30. The zero-order chi connectivity index (χ0) is 24.7. The summed E-state index contributed by atoms with van der Waals surface area (Å²) in [4.78, 5) is 31.0. The van der Waals surface area contributed by atoms with Crippen LogP contribution in [0.4, 0.5) is 0 Å². The molecule has 1 saturated heterocycles. The molecule has 1 aliphatic heterocycles. The molecular weight excluding hydrogens is 448 g/mol. The molecule has 1 unspecified atom stereocenters. The number of carbonyl (C=O) groups is 2. The Morgan fingerprint density at radius 3 is 2.38 bits per heavy atom. The van der Waals surface area contributed by atoms with Crippen LogP contribution < -0.4 is 4.74 Å². The fourth-order valence-corrected chi connectivity index (χ4v) is 5.29. The van der Waals surface area contributed by atoms with Crippen LogP contribution in [0.1, 0.15) is 62.1 Å². The van der Waals surface area contributed by atoms with E-state index >= 15 is 0 Å². The lowest BCUT2D eigenvalue weighted by molar-refractivity contribution is -0.140. The molecule has 1 aromatic heterocycles. The van der Waals surface area contributed by atoms with E-state index < -0.39 is 17.7 Å². The number of hydrogen-bond donors (Lipinski definition) is 1. The van der Waals surface area contributed by atoms with Gasteiger partial charge in [-0.05, 0) is 67.7 Å². The number of likely N-dealkylation sites (tertiary alicyclic amines) is 1. The first-order valence-electron chi connectivity index (χ1n) is 12.2. The molecule has 0 spiro atoms. The zero-order valence-electron chi connectivity index (χ0n) is 20.7. The number of aliphatic hydroxyl groups is 1. The van der Waals surface area contributed by atoms with E-state index in [9.17, 15) is 14.7 Å². The van der Waals surface area contributed by atoms with Gasteiger partial charge < -0.3 is 19.6 Å². The van der Waals surface area contributed by atoms with Crippen molar-refractivity contribution in [3.63, 3.8) is 0 Å². The number of hydrogen-bond acceptors (Lipinski definition) is 6. The van der Waals surface area contributed by atoms with Crippen LogP contribution in [0.25, 0.3) is 5.76 Å². The smallest absolute Gasteiger partial charge is 0.295 e. The largest absolute Gasteiger partial charge is 0.507 e. The highest BCUT2D eigenvalue weighted by Crippen LogP contribution is 2.42. The number of aryl methyl sites for hydroxylation is 1. The highest BCUT2D eigenvalue weighted by molar-refractivity contribution is 7.10. The van der Waals surface area contributed by atoms with Crippen LogP contribution in [0.15, 0.2) is 41.3 Å². The number of nitrogens with zero attached hydrogens (tertiary/aromatic N) is 2. The van der Waals surface area contributed by atoms with Gasteiger partial charge in [0.2, 0.25) is 0 Å². The minimum Gasteiger partial charge on any atom is -0.507 e. The fraction of sp³-hybridized carbons (Fsp3) is 0.481. The van der Waals surface area contributed by atoms with Gasteiger partial charge in [0.25, 0.3) is 11.7 Å². The standard InChI is InChI=1S/C27H36N2O4S/c1-5-8-9-17-33-21-12-10-20(11-13-21)24(30)22-23(26-19(4)14-18-34-26)29(27(32)25(22)31)16-15-28(6-2)7-3/h10-14,18,23,30H,5-9,15-17H2,1-4H3/b24-22-. The van der Waals surface area contributed by atoms with Crippen molar-refractivity contribution in [2.45, 2.75) is 53.0 Å². The minimum absolute atomic E-state index is 0.140. The number of ketones is 1. The number of likely N-dealkylation sites (N-methyl/N-ethyl adjacent to an activating group) is 1. The van der Waals surface area contributed by atoms with Crippen molar-refractivity contribution in [2.75, 3.05) is 32.8 Å². The predicted molar refractivity (Wildman–Crippen MR) is 137 cm³/mol. The van der Waals surface area contributed by atoms with Crippen LogP contribution in [0, 0.1) is 6.92 Å². The molecule has 1 amide bonds. The Labute approximate surface area is 206 Å². The van der Waals surface area contributed by atoms with Crippen molar-refractivity contribution in [1.29, 1.82) is 0 Å². The maximum absolute atomic E-state index is 13.2. The van der Waals surface area contributed by atoms with Crippen molar-refractivity contribution in [2.24, 2.45) is 0 Å². The third-order valence-corrected chi connectivity index (χ3v) is 7.46. The third kappa shape index (κ3) is 5.70. The van der Waals surface area contributed by atoms with Gasteiger partial charge in [0.05, 0.1) is 18.2 Å². The summed E-state index contributed by atoms with van der Waals surface area (Å²) in [6, 6.07) is 8.47. The van der Waals surface area contributed by atoms with E-state index in [1.165, 1.54) is 11.3 Å². The number of ether oxygens (including phenoxy) is 1. The molecule has 1 N–H and O–H groups in total. The molecule has 7 heteroatoms. The lowest BCUT2D eigenvalue weighted by Gasteiger charge is -2.27. The maximum Gasteiger partial charge on any atom is 0.295 e. The lowest BCUT2D eigenvalue weighted by Crippen LogP contribution is -2.37. The molecule has 0 aliphatic carbocycles. The van der Waals surface area contributed by atoms with E-state index in [0.29, 0.717) is 25.3 Å². The summed E-state index contributed by atoms with van der Waals surface area (Å²) in [5.41, 5.74) is 1.67. The molecule has 0 radical (unpaired) electrons. The third-order valence-electron chi connectivity index (χ3n) is 6.39. The van der Waals surface area contributed by atoms with Crippen LogP contribution >= 0.6 is 11.3 Å². The summed E-state index contributed by atoms with van der Waals surface area (Å²) < 4.78 is 5.76. The highest BCUT2D eigenvalue weighted by atomic mass is 32.1. The number of thiophene rings is 1. The second kappa shape index (κ2) is 12.2. The second-order valence-corrected chi connectivity index (χ2v) is 9.51. The quantitative estimate of drug-likeness (QED) is 0.189. The first-order valence-corrected chi connectivity index (χ1v) is 13.1. The van der Waals surface area contributed by atoms with E-state index in [1.54, 1.807) is 29.2 Å². The van der Waals surface area contributed by atoms with Crippen LogP contribution in [0.3, 0.4) is 0 Å². The molecule has 1 atom stereocenters. The molecule has 2 aromatic rings. The predicted octanol–water partition coefficient (Wildman–Crippen LogP) is 5.39. The molecule has 1 aromatic carbocycles. The summed E-state index contributed by atoms with van der Waals surface area (Å²) in [7, 11) is 0. The van der Waals surface area contributed by atoms with Gasteiger partial charge in [0.1, 0.15) is 11.5 Å². The van der Waals surface area contributed by atoms with Gasteiger partial charge in [-0.2, -0.15) is 0 Å². The Hall–Kier alpha value is -2.64. The Morgan fingerprint density at radius 1 is 1.09 bits per heavy atom. The number of aliphatic hydroxyl groups excluding tert-OH is 1. The fourth-order valence-electron chi connectivity index (χ4n) is 4.24. The highest BCUT2D eigenvalue weighted by Gasteiger charge is 2.46. The summed E-state index contributed by atoms with van der Waals surface area (Å²) in [5, 5.41) is 13.2. The van der Waals surface area contributed by atoms with Crippen LogP contribution in [-0.4, -0.2) is 59.4 Å². The van der Waals surface area contributed by atoms with Crippen molar-refractivity contribution < 1.29 is 19.4 Å². The molecule has 0 saturated carbocycles. The average Bonchev–Trinajstić information content (AvgIpc) is 3.38. The SMILES string of the molecule is CCCCCOc1ccc(/C(O)=C2/C(=O)C(=O)N(CCN(CC)CC)C2c2sccc2C)cc1. The van der Waals surface area contributed by atoms with Gasteiger partial charge in [-0.15, -0.1) is 11.3 Å². The summed E-state index contributed by atoms with van der Waals surface area (Å²) >= 11 is 1.51. The van der Waals surface area contributed by atoms with Crippen molar-refractivity contribution in [1.82, 2.24) is 9.80 Å². The Bertz CT molecular complexity index is 1010. The maximum atomic E-state index is 13.2. The van der Waals surface area contributed by atoms with Gasteiger partial charge in [-0.3, -0.25) is 9.59 Å². The van der Waals surface area contributed by atoms with Crippen LogP contribution in [-0.2, 0) is 9.59 Å². The monoisotopic (exact) mass is 484 g/mol. The molecule has 2 heterocycles. The number of Topliss-reactive ketones (excluding diaryl/α,β-unsaturated/α-hetero) is 1. The molecule has 1 aliphatic rings. The minimum atomic E-state index is -0.630. The number of unbranched alkanes of at least 4 members (excludes halogenated alkanes) is 2. The zero-order valence-corrected chi connectivity index (χ0v) is 21.5. The van der Waals surface area contributed by atoms with Crippen molar-refractivity contribution in [3.8, 4) is 5.75 Å². The van der Waals surface area contributed by atoms with Gasteiger partial charge >= 0.3 is 0 Å². The Morgan fingerprint density at radius 2 is 1.79 bits per heavy atom. The topological polar surface area (TPSA) is 70.1 Å². The Balaban J connectivity index is 1.93.